The predicted octanol–water partition coefficient (Wildman–Crippen LogP) is 1.43. The Balaban J connectivity index is 1.69. The van der Waals surface area contributed by atoms with E-state index in [4.69, 9.17) is 4.74 Å². The Hall–Kier alpha value is -0.650. The van der Waals surface area contributed by atoms with Crippen molar-refractivity contribution >= 4 is 5.91 Å². The first-order valence-corrected chi connectivity index (χ1v) is 8.98. The van der Waals surface area contributed by atoms with Gasteiger partial charge in [0.15, 0.2) is 0 Å². The molecule has 1 amide bonds. The van der Waals surface area contributed by atoms with Crippen LogP contribution in [0.2, 0.25) is 0 Å². The van der Waals surface area contributed by atoms with Crippen LogP contribution in [-0.2, 0) is 9.53 Å². The Bertz CT molecular complexity index is 316. The molecule has 3 N–H and O–H groups in total. The van der Waals surface area contributed by atoms with Crippen molar-refractivity contribution in [3.63, 3.8) is 0 Å². The fraction of sp³-hybridized carbons (Fsp3) is 0.941. The second kappa shape index (κ2) is 9.48. The number of nitrogens with one attached hydrogen (secondary N) is 3. The summed E-state index contributed by atoms with van der Waals surface area (Å²) in [5.41, 5.74) is -0.331. The van der Waals surface area contributed by atoms with Crippen LogP contribution < -0.4 is 16.0 Å². The summed E-state index contributed by atoms with van der Waals surface area (Å²) in [5.74, 6) is 0.165. The van der Waals surface area contributed by atoms with Crippen LogP contribution in [0.4, 0.5) is 0 Å². The Morgan fingerprint density at radius 1 is 1.14 bits per heavy atom. The molecule has 2 aliphatic rings. The van der Waals surface area contributed by atoms with Crippen molar-refractivity contribution in [3.8, 4) is 0 Å². The number of carbonyl (C=O) groups excluding carboxylic acids is 1. The minimum Gasteiger partial charge on any atom is -0.384 e. The molecule has 22 heavy (non-hydrogen) atoms. The Kier molecular flexibility index (Phi) is 7.63. The zero-order valence-electron chi connectivity index (χ0n) is 14.1. The van der Waals surface area contributed by atoms with Crippen LogP contribution in [0.15, 0.2) is 0 Å². The van der Waals surface area contributed by atoms with E-state index in [0.717, 1.165) is 32.5 Å². The molecule has 1 saturated heterocycles. The molecule has 0 unspecified atom stereocenters. The lowest BCUT2D eigenvalue weighted by Gasteiger charge is -2.35. The monoisotopic (exact) mass is 311 g/mol. The van der Waals surface area contributed by atoms with E-state index in [1.54, 1.807) is 7.11 Å². The molecule has 0 aromatic heterocycles. The van der Waals surface area contributed by atoms with E-state index >= 15 is 0 Å². The number of hydrogen-bond donors (Lipinski definition) is 3. The highest BCUT2D eigenvalue weighted by Gasteiger charge is 2.39. The van der Waals surface area contributed by atoms with Gasteiger partial charge in [-0.3, -0.25) is 4.79 Å². The first-order chi connectivity index (χ1) is 10.8. The van der Waals surface area contributed by atoms with Crippen molar-refractivity contribution in [2.45, 2.75) is 57.4 Å². The molecule has 5 heteroatoms. The standard InChI is InChI=1S/C17H33N3O2/c1-22-14-17(8-10-18-11-9-17)16(21)20-13-12-19-15-6-4-2-3-5-7-15/h15,18-19H,2-14H2,1H3,(H,20,21). The van der Waals surface area contributed by atoms with Crippen LogP contribution >= 0.6 is 0 Å². The van der Waals surface area contributed by atoms with Crippen molar-refractivity contribution < 1.29 is 9.53 Å². The molecule has 0 atom stereocenters. The highest BCUT2D eigenvalue weighted by atomic mass is 16.5. The number of carbonyl (C=O) groups is 1. The van der Waals surface area contributed by atoms with E-state index in [1.807, 2.05) is 0 Å². The van der Waals surface area contributed by atoms with Gasteiger partial charge < -0.3 is 20.7 Å². The minimum absolute atomic E-state index is 0.165. The molecule has 2 fully saturated rings. The molecule has 1 heterocycles. The van der Waals surface area contributed by atoms with E-state index < -0.39 is 0 Å². The van der Waals surface area contributed by atoms with Gasteiger partial charge in [0.2, 0.25) is 5.91 Å². The number of piperidine rings is 1. The van der Waals surface area contributed by atoms with Gasteiger partial charge >= 0.3 is 0 Å². The van der Waals surface area contributed by atoms with Crippen LogP contribution in [-0.4, -0.2) is 51.8 Å². The maximum atomic E-state index is 12.6. The highest BCUT2D eigenvalue weighted by molar-refractivity contribution is 5.83. The number of hydrogen-bond acceptors (Lipinski definition) is 4. The van der Waals surface area contributed by atoms with E-state index in [2.05, 4.69) is 16.0 Å². The van der Waals surface area contributed by atoms with E-state index in [0.29, 0.717) is 19.2 Å². The van der Waals surface area contributed by atoms with Crippen molar-refractivity contribution in [2.24, 2.45) is 5.41 Å². The second-order valence-electron chi connectivity index (χ2n) is 6.86. The summed E-state index contributed by atoms with van der Waals surface area (Å²) in [6.45, 7) is 3.91. The largest absolute Gasteiger partial charge is 0.384 e. The van der Waals surface area contributed by atoms with E-state index in [-0.39, 0.29) is 11.3 Å². The molecule has 0 spiro atoms. The van der Waals surface area contributed by atoms with Gasteiger partial charge in [0.25, 0.3) is 0 Å². The maximum Gasteiger partial charge on any atom is 0.228 e. The molecule has 0 aromatic rings. The van der Waals surface area contributed by atoms with E-state index in [9.17, 15) is 4.79 Å². The van der Waals surface area contributed by atoms with Crippen LogP contribution in [0.5, 0.6) is 0 Å². The smallest absolute Gasteiger partial charge is 0.228 e. The summed E-state index contributed by atoms with van der Waals surface area (Å²) in [6, 6.07) is 0.645. The van der Waals surface area contributed by atoms with Gasteiger partial charge in [-0.1, -0.05) is 25.7 Å². The third-order valence-electron chi connectivity index (χ3n) is 5.16. The summed E-state index contributed by atoms with van der Waals surface area (Å²) in [4.78, 5) is 12.6. The zero-order valence-corrected chi connectivity index (χ0v) is 14.1. The van der Waals surface area contributed by atoms with E-state index in [1.165, 1.54) is 38.5 Å². The van der Waals surface area contributed by atoms with Crippen LogP contribution in [0.25, 0.3) is 0 Å². The third-order valence-corrected chi connectivity index (χ3v) is 5.16. The fourth-order valence-electron chi connectivity index (χ4n) is 3.74. The first kappa shape index (κ1) is 17.7. The lowest BCUT2D eigenvalue weighted by atomic mass is 9.78. The summed E-state index contributed by atoms with van der Waals surface area (Å²) >= 11 is 0. The normalized spacial score (nSPS) is 23.0. The molecule has 0 aromatic carbocycles. The highest BCUT2D eigenvalue weighted by Crippen LogP contribution is 2.29. The molecule has 1 aliphatic heterocycles. The van der Waals surface area contributed by atoms with Gasteiger partial charge in [0.05, 0.1) is 12.0 Å². The van der Waals surface area contributed by atoms with Crippen molar-refractivity contribution in [3.05, 3.63) is 0 Å². The fourth-order valence-corrected chi connectivity index (χ4v) is 3.74. The summed E-state index contributed by atoms with van der Waals surface area (Å²) in [5, 5.41) is 10.1. The summed E-state index contributed by atoms with van der Waals surface area (Å²) < 4.78 is 5.32. The predicted molar refractivity (Wildman–Crippen MR) is 88.9 cm³/mol. The van der Waals surface area contributed by atoms with Crippen LogP contribution in [0.3, 0.4) is 0 Å². The van der Waals surface area contributed by atoms with Gasteiger partial charge in [-0.2, -0.15) is 0 Å². The maximum absolute atomic E-state index is 12.6. The van der Waals surface area contributed by atoms with Gasteiger partial charge in [-0.15, -0.1) is 0 Å². The first-order valence-electron chi connectivity index (χ1n) is 8.98. The lowest BCUT2D eigenvalue weighted by Crippen LogP contribution is -2.51. The van der Waals surface area contributed by atoms with Crippen molar-refractivity contribution in [1.29, 1.82) is 0 Å². The molecule has 1 saturated carbocycles. The Morgan fingerprint density at radius 2 is 1.82 bits per heavy atom. The van der Waals surface area contributed by atoms with Gasteiger partial charge in [-0.25, -0.2) is 0 Å². The average molecular weight is 311 g/mol. The average Bonchev–Trinajstić information content (AvgIpc) is 2.81. The molecule has 128 valence electrons. The van der Waals surface area contributed by atoms with Crippen molar-refractivity contribution in [1.82, 2.24) is 16.0 Å². The molecular formula is C17H33N3O2. The number of methoxy groups -OCH3 is 1. The van der Waals surface area contributed by atoms with Gasteiger partial charge in [0.1, 0.15) is 0 Å². The second-order valence-corrected chi connectivity index (χ2v) is 6.86. The molecule has 0 radical (unpaired) electrons. The van der Waals surface area contributed by atoms with Crippen LogP contribution in [0, 0.1) is 5.41 Å². The minimum atomic E-state index is -0.331. The molecule has 2 rings (SSSR count). The quantitative estimate of drug-likeness (QED) is 0.492. The third kappa shape index (κ3) is 5.21. The van der Waals surface area contributed by atoms with Crippen molar-refractivity contribution in [2.75, 3.05) is 39.9 Å². The zero-order chi connectivity index (χ0) is 15.7. The van der Waals surface area contributed by atoms with Gasteiger partial charge in [0, 0.05) is 26.2 Å². The van der Waals surface area contributed by atoms with Gasteiger partial charge in [-0.05, 0) is 38.8 Å². The number of ether oxygens (including phenoxy) is 1. The van der Waals surface area contributed by atoms with Crippen LogP contribution in [0.1, 0.15) is 51.4 Å². The molecular weight excluding hydrogens is 278 g/mol. The summed E-state index contributed by atoms with van der Waals surface area (Å²) in [6.07, 6.45) is 9.73. The Labute approximate surface area is 134 Å². The molecule has 1 aliphatic carbocycles. The molecule has 0 bridgehead atoms. The Morgan fingerprint density at radius 3 is 2.45 bits per heavy atom. The number of rotatable bonds is 7. The lowest BCUT2D eigenvalue weighted by molar-refractivity contribution is -0.136. The number of amides is 1. The SMILES string of the molecule is COCC1(C(=O)NCCNC2CCCCCC2)CCNCC1. The molecule has 5 nitrogen and oxygen atoms in total. The topological polar surface area (TPSA) is 62.4 Å². The summed E-state index contributed by atoms with van der Waals surface area (Å²) in [7, 11) is 1.69.